The van der Waals surface area contributed by atoms with Gasteiger partial charge in [-0.25, -0.2) is 0 Å². The third-order valence-corrected chi connectivity index (χ3v) is 3.78. The first-order valence-electron chi connectivity index (χ1n) is 6.74. The summed E-state index contributed by atoms with van der Waals surface area (Å²) in [5, 5.41) is 1.16. The zero-order chi connectivity index (χ0) is 15.3. The maximum Gasteiger partial charge on any atom is 0.227 e. The Hall–Kier alpha value is -0.770. The van der Waals surface area contributed by atoms with Gasteiger partial charge in [0.2, 0.25) is 5.91 Å². The molecule has 0 bridgehead atoms. The Morgan fingerprint density at radius 3 is 2.50 bits per heavy atom. The summed E-state index contributed by atoms with van der Waals surface area (Å²) in [6.07, 6.45) is 0.800. The van der Waals surface area contributed by atoms with Crippen molar-refractivity contribution < 1.29 is 4.79 Å². The first-order valence-corrected chi connectivity index (χ1v) is 7.49. The molecule has 1 rings (SSSR count). The molecule has 0 aliphatic heterocycles. The van der Waals surface area contributed by atoms with E-state index in [9.17, 15) is 4.79 Å². The zero-order valence-electron chi connectivity index (χ0n) is 12.2. The molecule has 1 aromatic carbocycles. The molecule has 0 spiro atoms. The second kappa shape index (κ2) is 7.87. The van der Waals surface area contributed by atoms with Crippen molar-refractivity contribution >= 4 is 29.1 Å². The van der Waals surface area contributed by atoms with E-state index in [1.165, 1.54) is 0 Å². The Bertz CT molecular complexity index is 463. The summed E-state index contributed by atoms with van der Waals surface area (Å²) >= 11 is 12.0. The Morgan fingerprint density at radius 2 is 2.00 bits per heavy atom. The molecule has 0 heterocycles. The third kappa shape index (κ3) is 4.97. The van der Waals surface area contributed by atoms with Gasteiger partial charge in [0.1, 0.15) is 0 Å². The van der Waals surface area contributed by atoms with Gasteiger partial charge in [-0.2, -0.15) is 0 Å². The predicted molar refractivity (Wildman–Crippen MR) is 84.9 cm³/mol. The third-order valence-electron chi connectivity index (χ3n) is 3.19. The summed E-state index contributed by atoms with van der Waals surface area (Å²) in [4.78, 5) is 14.0. The molecular weight excluding hydrogens is 295 g/mol. The number of carbonyl (C=O) groups excluding carboxylic acids is 1. The van der Waals surface area contributed by atoms with Crippen LogP contribution in [0.4, 0.5) is 0 Å². The molecule has 0 saturated heterocycles. The molecule has 1 amide bonds. The SMILES string of the molecule is CC(C)CC(CN)C(=O)N(C)Cc1ccc(Cl)cc1Cl. The van der Waals surface area contributed by atoms with E-state index >= 15 is 0 Å². The topological polar surface area (TPSA) is 46.3 Å². The highest BCUT2D eigenvalue weighted by Gasteiger charge is 2.22. The quantitative estimate of drug-likeness (QED) is 0.872. The molecule has 0 aliphatic rings. The van der Waals surface area contributed by atoms with E-state index in [0.717, 1.165) is 12.0 Å². The highest BCUT2D eigenvalue weighted by Crippen LogP contribution is 2.23. The number of rotatable bonds is 6. The van der Waals surface area contributed by atoms with E-state index < -0.39 is 0 Å². The molecule has 3 nitrogen and oxygen atoms in total. The van der Waals surface area contributed by atoms with Gasteiger partial charge in [0, 0.05) is 30.2 Å². The molecule has 5 heteroatoms. The number of hydrogen-bond donors (Lipinski definition) is 1. The Labute approximate surface area is 131 Å². The molecule has 0 fully saturated rings. The molecular formula is C15H22Cl2N2O. The highest BCUT2D eigenvalue weighted by atomic mass is 35.5. The van der Waals surface area contributed by atoms with E-state index in [2.05, 4.69) is 13.8 Å². The predicted octanol–water partition coefficient (Wildman–Crippen LogP) is 3.57. The van der Waals surface area contributed by atoms with Crippen molar-refractivity contribution in [1.29, 1.82) is 0 Å². The molecule has 0 aromatic heterocycles. The average molecular weight is 317 g/mol. The number of amides is 1. The normalized spacial score (nSPS) is 12.6. The zero-order valence-corrected chi connectivity index (χ0v) is 13.7. The van der Waals surface area contributed by atoms with Crippen LogP contribution in [0.5, 0.6) is 0 Å². The smallest absolute Gasteiger partial charge is 0.227 e. The molecule has 0 saturated carbocycles. The maximum absolute atomic E-state index is 12.4. The van der Waals surface area contributed by atoms with Gasteiger partial charge in [-0.1, -0.05) is 43.1 Å². The van der Waals surface area contributed by atoms with Gasteiger partial charge in [-0.15, -0.1) is 0 Å². The van der Waals surface area contributed by atoms with Crippen molar-refractivity contribution in [3.63, 3.8) is 0 Å². The van der Waals surface area contributed by atoms with Gasteiger partial charge < -0.3 is 10.6 Å². The fraction of sp³-hybridized carbons (Fsp3) is 0.533. The fourth-order valence-electron chi connectivity index (χ4n) is 2.16. The number of carbonyl (C=O) groups is 1. The van der Waals surface area contributed by atoms with Crippen LogP contribution in [0, 0.1) is 11.8 Å². The summed E-state index contributed by atoms with van der Waals surface area (Å²) in [7, 11) is 1.77. The van der Waals surface area contributed by atoms with E-state index in [1.807, 2.05) is 6.07 Å². The van der Waals surface area contributed by atoms with Crippen LogP contribution < -0.4 is 5.73 Å². The molecule has 2 N–H and O–H groups in total. The van der Waals surface area contributed by atoms with Crippen LogP contribution in [0.1, 0.15) is 25.8 Å². The number of nitrogens with two attached hydrogens (primary N) is 1. The van der Waals surface area contributed by atoms with E-state index in [4.69, 9.17) is 28.9 Å². The van der Waals surface area contributed by atoms with Crippen LogP contribution in [0.2, 0.25) is 10.0 Å². The summed E-state index contributed by atoms with van der Waals surface area (Å²) in [5.74, 6) is 0.373. The van der Waals surface area contributed by atoms with Gasteiger partial charge in [0.15, 0.2) is 0 Å². The van der Waals surface area contributed by atoms with Crippen LogP contribution in [0.25, 0.3) is 0 Å². The van der Waals surface area contributed by atoms with Gasteiger partial charge in [-0.05, 0) is 30.0 Å². The lowest BCUT2D eigenvalue weighted by molar-refractivity contribution is -0.134. The van der Waals surface area contributed by atoms with E-state index in [1.54, 1.807) is 24.1 Å². The lowest BCUT2D eigenvalue weighted by atomic mass is 9.96. The van der Waals surface area contributed by atoms with E-state index in [0.29, 0.717) is 29.1 Å². The summed E-state index contributed by atoms with van der Waals surface area (Å²) in [6, 6.07) is 5.30. The molecule has 0 aliphatic carbocycles. The highest BCUT2D eigenvalue weighted by molar-refractivity contribution is 6.35. The molecule has 1 atom stereocenters. The number of hydrogen-bond acceptors (Lipinski definition) is 2. The minimum absolute atomic E-state index is 0.0622. The monoisotopic (exact) mass is 316 g/mol. The molecule has 0 radical (unpaired) electrons. The van der Waals surface area contributed by atoms with Crippen molar-refractivity contribution in [2.24, 2.45) is 17.6 Å². The molecule has 112 valence electrons. The van der Waals surface area contributed by atoms with Gasteiger partial charge >= 0.3 is 0 Å². The second-order valence-electron chi connectivity index (χ2n) is 5.49. The Morgan fingerprint density at radius 1 is 1.35 bits per heavy atom. The molecule has 1 aromatic rings. The average Bonchev–Trinajstić information content (AvgIpc) is 2.38. The van der Waals surface area contributed by atoms with Crippen LogP contribution in [-0.2, 0) is 11.3 Å². The Kier molecular flexibility index (Phi) is 6.80. The van der Waals surface area contributed by atoms with Crippen molar-refractivity contribution in [2.75, 3.05) is 13.6 Å². The standard InChI is InChI=1S/C15H22Cl2N2O/c1-10(2)6-12(8-18)15(20)19(3)9-11-4-5-13(16)7-14(11)17/h4-5,7,10,12H,6,8-9,18H2,1-3H3. The first kappa shape index (κ1) is 17.3. The first-order chi connectivity index (χ1) is 9.35. The minimum atomic E-state index is -0.133. The van der Waals surface area contributed by atoms with Crippen molar-refractivity contribution in [2.45, 2.75) is 26.8 Å². The Balaban J connectivity index is 2.73. The van der Waals surface area contributed by atoms with Crippen molar-refractivity contribution in [1.82, 2.24) is 4.90 Å². The molecule has 20 heavy (non-hydrogen) atoms. The van der Waals surface area contributed by atoms with Gasteiger partial charge in [0.25, 0.3) is 0 Å². The number of benzene rings is 1. The number of halogens is 2. The van der Waals surface area contributed by atoms with Crippen LogP contribution in [0.3, 0.4) is 0 Å². The maximum atomic E-state index is 12.4. The van der Waals surface area contributed by atoms with Crippen LogP contribution >= 0.6 is 23.2 Å². The molecule has 1 unspecified atom stereocenters. The van der Waals surface area contributed by atoms with Gasteiger partial charge in [0.05, 0.1) is 5.92 Å². The second-order valence-corrected chi connectivity index (χ2v) is 6.34. The number of nitrogens with zero attached hydrogens (tertiary/aromatic N) is 1. The van der Waals surface area contributed by atoms with Crippen LogP contribution in [0.15, 0.2) is 18.2 Å². The van der Waals surface area contributed by atoms with Gasteiger partial charge in [-0.3, -0.25) is 4.79 Å². The summed E-state index contributed by atoms with van der Waals surface area (Å²) < 4.78 is 0. The summed E-state index contributed by atoms with van der Waals surface area (Å²) in [6.45, 7) is 5.01. The van der Waals surface area contributed by atoms with Crippen LogP contribution in [-0.4, -0.2) is 24.4 Å². The van der Waals surface area contributed by atoms with Crippen molar-refractivity contribution in [3.8, 4) is 0 Å². The fourth-order valence-corrected chi connectivity index (χ4v) is 2.63. The lowest BCUT2D eigenvalue weighted by Crippen LogP contribution is -2.37. The van der Waals surface area contributed by atoms with E-state index in [-0.39, 0.29) is 11.8 Å². The minimum Gasteiger partial charge on any atom is -0.341 e. The lowest BCUT2D eigenvalue weighted by Gasteiger charge is -2.24. The largest absolute Gasteiger partial charge is 0.341 e. The summed E-state index contributed by atoms with van der Waals surface area (Å²) in [5.41, 5.74) is 6.59. The van der Waals surface area contributed by atoms with Crippen molar-refractivity contribution in [3.05, 3.63) is 33.8 Å².